The monoisotopic (exact) mass is 254 g/mol. The summed E-state index contributed by atoms with van der Waals surface area (Å²) in [4.78, 5) is 27.1. The van der Waals surface area contributed by atoms with Crippen LogP contribution in [-0.2, 0) is 9.59 Å². The van der Waals surface area contributed by atoms with Crippen LogP contribution in [0.5, 0.6) is 0 Å². The van der Waals surface area contributed by atoms with E-state index in [2.05, 4.69) is 10.3 Å². The number of thioether (sulfide) groups is 1. The Morgan fingerprint density at radius 1 is 1.35 bits per heavy atom. The number of amidine groups is 1. The number of carboxylic acids is 1. The zero-order chi connectivity index (χ0) is 12.3. The first kappa shape index (κ1) is 12.2. The third-order valence-electron chi connectivity index (χ3n) is 2.90. The Morgan fingerprint density at radius 2 is 2.06 bits per heavy atom. The molecule has 1 aliphatic carbocycles. The van der Waals surface area contributed by atoms with E-state index in [-0.39, 0.29) is 5.91 Å². The molecule has 1 amide bonds. The van der Waals surface area contributed by atoms with E-state index >= 15 is 0 Å². The van der Waals surface area contributed by atoms with Crippen molar-refractivity contribution in [3.63, 3.8) is 0 Å². The fourth-order valence-electron chi connectivity index (χ4n) is 1.99. The Morgan fingerprint density at radius 3 is 2.65 bits per heavy atom. The lowest BCUT2D eigenvalue weighted by Crippen LogP contribution is -2.40. The van der Waals surface area contributed by atoms with E-state index in [4.69, 9.17) is 5.11 Å². The third-order valence-corrected chi connectivity index (χ3v) is 3.79. The summed E-state index contributed by atoms with van der Waals surface area (Å²) in [6.45, 7) is 0.715. The molecular formula is C11H14N2O3S. The lowest BCUT2D eigenvalue weighted by molar-refractivity contribution is -0.147. The van der Waals surface area contributed by atoms with E-state index in [1.807, 2.05) is 12.2 Å². The summed E-state index contributed by atoms with van der Waals surface area (Å²) in [5, 5.41) is 12.4. The van der Waals surface area contributed by atoms with Crippen LogP contribution in [0, 0.1) is 11.8 Å². The van der Waals surface area contributed by atoms with Crippen molar-refractivity contribution in [3.05, 3.63) is 12.2 Å². The van der Waals surface area contributed by atoms with Crippen LogP contribution in [-0.4, -0.2) is 34.4 Å². The molecular weight excluding hydrogens is 240 g/mol. The Balaban J connectivity index is 2.01. The molecule has 2 atom stereocenters. The van der Waals surface area contributed by atoms with E-state index in [0.29, 0.717) is 24.6 Å². The van der Waals surface area contributed by atoms with Gasteiger partial charge in [-0.25, -0.2) is 0 Å². The van der Waals surface area contributed by atoms with Gasteiger partial charge < -0.3 is 10.4 Å². The molecule has 1 heterocycles. The average Bonchev–Trinajstić information content (AvgIpc) is 2.81. The number of nitrogens with zero attached hydrogens (tertiary/aromatic N) is 1. The number of hydrogen-bond donors (Lipinski definition) is 2. The minimum absolute atomic E-state index is 0.227. The van der Waals surface area contributed by atoms with E-state index in [0.717, 1.165) is 5.75 Å². The summed E-state index contributed by atoms with van der Waals surface area (Å²) in [5.74, 6) is -1.36. The van der Waals surface area contributed by atoms with Crippen molar-refractivity contribution in [1.29, 1.82) is 0 Å². The predicted octanol–water partition coefficient (Wildman–Crippen LogP) is 0.872. The number of aliphatic imine (C=N–C) groups is 1. The molecule has 2 N–H and O–H groups in total. The molecule has 0 saturated carbocycles. The lowest BCUT2D eigenvalue weighted by atomic mass is 9.82. The molecule has 0 aromatic heterocycles. The van der Waals surface area contributed by atoms with Gasteiger partial charge in [0.15, 0.2) is 5.17 Å². The highest BCUT2D eigenvalue weighted by Gasteiger charge is 2.34. The van der Waals surface area contributed by atoms with Crippen LogP contribution in [0.4, 0.5) is 0 Å². The van der Waals surface area contributed by atoms with Gasteiger partial charge in [-0.05, 0) is 12.8 Å². The molecule has 0 aromatic carbocycles. The van der Waals surface area contributed by atoms with Crippen LogP contribution in [0.25, 0.3) is 0 Å². The van der Waals surface area contributed by atoms with Gasteiger partial charge in [-0.3, -0.25) is 14.6 Å². The fraction of sp³-hybridized carbons (Fsp3) is 0.545. The van der Waals surface area contributed by atoms with Crippen molar-refractivity contribution < 1.29 is 14.7 Å². The lowest BCUT2D eigenvalue weighted by Gasteiger charge is -2.23. The minimum Gasteiger partial charge on any atom is -0.481 e. The molecule has 0 saturated heterocycles. The number of carboxylic acid groups (broad SMARTS) is 1. The highest BCUT2D eigenvalue weighted by Crippen LogP contribution is 2.26. The normalized spacial score (nSPS) is 27.6. The standard InChI is InChI=1S/C11H14N2O3S/c14-9(13-11-12-5-6-17-11)7-3-1-2-4-8(7)10(15)16/h1-2,7-8H,3-6H2,(H,15,16)(H,12,13,14). The molecule has 0 aromatic rings. The Hall–Kier alpha value is -1.30. The number of hydrogen-bond acceptors (Lipinski definition) is 4. The topological polar surface area (TPSA) is 78.8 Å². The van der Waals surface area contributed by atoms with Crippen molar-refractivity contribution in [3.8, 4) is 0 Å². The SMILES string of the molecule is O=C(O)C1CC=CCC1C(=O)NC1=NCCS1. The molecule has 2 unspecified atom stereocenters. The number of allylic oxidation sites excluding steroid dienone is 2. The van der Waals surface area contributed by atoms with Crippen LogP contribution in [0.1, 0.15) is 12.8 Å². The summed E-state index contributed by atoms with van der Waals surface area (Å²) in [5.41, 5.74) is 0. The second kappa shape index (κ2) is 5.35. The van der Waals surface area contributed by atoms with Crippen LogP contribution >= 0.6 is 11.8 Å². The Bertz CT molecular complexity index is 392. The van der Waals surface area contributed by atoms with Gasteiger partial charge in [0.05, 0.1) is 18.4 Å². The van der Waals surface area contributed by atoms with Crippen molar-refractivity contribution in [1.82, 2.24) is 5.32 Å². The molecule has 2 aliphatic rings. The zero-order valence-corrected chi connectivity index (χ0v) is 10.1. The zero-order valence-electron chi connectivity index (χ0n) is 9.26. The van der Waals surface area contributed by atoms with Crippen LogP contribution in [0.15, 0.2) is 17.1 Å². The van der Waals surface area contributed by atoms with Gasteiger partial charge in [0.1, 0.15) is 0 Å². The van der Waals surface area contributed by atoms with Gasteiger partial charge in [-0.2, -0.15) is 0 Å². The Kier molecular flexibility index (Phi) is 3.83. The summed E-state index contributed by atoms with van der Waals surface area (Å²) < 4.78 is 0. The first-order chi connectivity index (χ1) is 8.18. The van der Waals surface area contributed by atoms with Crippen LogP contribution < -0.4 is 5.32 Å². The highest BCUT2D eigenvalue weighted by molar-refractivity contribution is 8.14. The number of carbonyl (C=O) groups is 2. The molecule has 0 radical (unpaired) electrons. The first-order valence-electron chi connectivity index (χ1n) is 5.54. The van der Waals surface area contributed by atoms with Crippen molar-refractivity contribution in [2.75, 3.05) is 12.3 Å². The molecule has 0 fully saturated rings. The summed E-state index contributed by atoms with van der Waals surface area (Å²) in [7, 11) is 0. The number of amides is 1. The highest BCUT2D eigenvalue weighted by atomic mass is 32.2. The van der Waals surface area contributed by atoms with Crippen molar-refractivity contribution >= 4 is 28.8 Å². The summed E-state index contributed by atoms with van der Waals surface area (Å²) in [6.07, 6.45) is 4.60. The molecule has 6 heteroatoms. The second-order valence-electron chi connectivity index (χ2n) is 4.02. The maximum atomic E-state index is 12.0. The van der Waals surface area contributed by atoms with Crippen LogP contribution in [0.2, 0.25) is 0 Å². The molecule has 17 heavy (non-hydrogen) atoms. The quantitative estimate of drug-likeness (QED) is 0.717. The van der Waals surface area contributed by atoms with Crippen molar-refractivity contribution in [2.45, 2.75) is 12.8 Å². The summed E-state index contributed by atoms with van der Waals surface area (Å²) in [6, 6.07) is 0. The van der Waals surface area contributed by atoms with E-state index < -0.39 is 17.8 Å². The van der Waals surface area contributed by atoms with Gasteiger partial charge >= 0.3 is 5.97 Å². The summed E-state index contributed by atoms with van der Waals surface area (Å²) >= 11 is 1.50. The van der Waals surface area contributed by atoms with Gasteiger partial charge in [-0.15, -0.1) is 0 Å². The smallest absolute Gasteiger partial charge is 0.307 e. The molecule has 0 spiro atoms. The van der Waals surface area contributed by atoms with Gasteiger partial charge in [0, 0.05) is 5.75 Å². The number of nitrogens with one attached hydrogen (secondary N) is 1. The predicted molar refractivity (Wildman–Crippen MR) is 65.9 cm³/mol. The van der Waals surface area contributed by atoms with Gasteiger partial charge in [-0.1, -0.05) is 23.9 Å². The maximum Gasteiger partial charge on any atom is 0.307 e. The number of carbonyl (C=O) groups excluding carboxylic acids is 1. The van der Waals surface area contributed by atoms with E-state index in [1.54, 1.807) is 0 Å². The van der Waals surface area contributed by atoms with Gasteiger partial charge in [0.25, 0.3) is 0 Å². The molecule has 0 bridgehead atoms. The van der Waals surface area contributed by atoms with Gasteiger partial charge in [0.2, 0.25) is 5.91 Å². The first-order valence-corrected chi connectivity index (χ1v) is 6.53. The third kappa shape index (κ3) is 2.88. The average molecular weight is 254 g/mol. The molecule has 1 aliphatic heterocycles. The number of rotatable bonds is 2. The fourth-order valence-corrected chi connectivity index (χ4v) is 2.72. The maximum absolute atomic E-state index is 12.0. The number of aliphatic carboxylic acids is 1. The minimum atomic E-state index is -0.907. The molecule has 5 nitrogen and oxygen atoms in total. The largest absolute Gasteiger partial charge is 0.481 e. The molecule has 2 rings (SSSR count). The van der Waals surface area contributed by atoms with E-state index in [9.17, 15) is 9.59 Å². The van der Waals surface area contributed by atoms with E-state index in [1.165, 1.54) is 11.8 Å². The Labute approximate surface area is 103 Å². The van der Waals surface area contributed by atoms with Crippen molar-refractivity contribution in [2.24, 2.45) is 16.8 Å². The van der Waals surface area contributed by atoms with Crippen LogP contribution in [0.3, 0.4) is 0 Å². The second-order valence-corrected chi connectivity index (χ2v) is 5.10. The molecule has 92 valence electrons.